The second kappa shape index (κ2) is 6.35. The van der Waals surface area contributed by atoms with Crippen molar-refractivity contribution in [2.75, 3.05) is 7.05 Å². The van der Waals surface area contributed by atoms with E-state index in [1.165, 1.54) is 4.90 Å². The smallest absolute Gasteiger partial charge is 0.347 e. The molecular formula is C12H15N5O3S. The quantitative estimate of drug-likeness (QED) is 0.769. The number of aromatic amines is 1. The molecule has 0 aliphatic carbocycles. The van der Waals surface area contributed by atoms with E-state index in [9.17, 15) is 9.59 Å². The van der Waals surface area contributed by atoms with E-state index in [0.717, 1.165) is 11.3 Å². The van der Waals surface area contributed by atoms with Crippen LogP contribution in [0.4, 0.5) is 4.79 Å². The Morgan fingerprint density at radius 2 is 2.29 bits per heavy atom. The molecule has 2 aromatic rings. The van der Waals surface area contributed by atoms with Gasteiger partial charge in [0.15, 0.2) is 0 Å². The summed E-state index contributed by atoms with van der Waals surface area (Å²) in [5.41, 5.74) is 0.459. The van der Waals surface area contributed by atoms with Crippen LogP contribution in [-0.2, 0) is 13.1 Å². The molecule has 2 aromatic heterocycles. The Morgan fingerprint density at radius 1 is 1.52 bits per heavy atom. The summed E-state index contributed by atoms with van der Waals surface area (Å²) in [7, 11) is 1.65. The molecule has 0 saturated heterocycles. The minimum atomic E-state index is -1.00. The zero-order valence-corrected chi connectivity index (χ0v) is 12.4. The molecule has 0 atom stereocenters. The number of urea groups is 1. The van der Waals surface area contributed by atoms with Crippen LogP contribution in [0.3, 0.4) is 0 Å². The molecule has 0 aromatic carbocycles. The van der Waals surface area contributed by atoms with E-state index >= 15 is 0 Å². The minimum Gasteiger partial charge on any atom is -0.477 e. The SMILES string of the molecule is Cc1nc(CNC(=O)N(C)Cc2ncc[nH]2)sc1C(=O)O. The third kappa shape index (κ3) is 3.78. The summed E-state index contributed by atoms with van der Waals surface area (Å²) in [6.45, 7) is 2.19. The largest absolute Gasteiger partial charge is 0.477 e. The predicted octanol–water partition coefficient (Wildman–Crippen LogP) is 1.21. The molecule has 2 rings (SSSR count). The lowest BCUT2D eigenvalue weighted by molar-refractivity contribution is 0.0701. The fraction of sp³-hybridized carbons (Fsp3) is 0.333. The molecule has 21 heavy (non-hydrogen) atoms. The summed E-state index contributed by atoms with van der Waals surface area (Å²) < 4.78 is 0. The first kappa shape index (κ1) is 15.0. The van der Waals surface area contributed by atoms with E-state index in [1.54, 1.807) is 26.4 Å². The van der Waals surface area contributed by atoms with E-state index in [-0.39, 0.29) is 17.5 Å². The lowest BCUT2D eigenvalue weighted by atomic mass is 10.4. The highest BCUT2D eigenvalue weighted by Gasteiger charge is 2.15. The van der Waals surface area contributed by atoms with Crippen molar-refractivity contribution in [1.29, 1.82) is 0 Å². The fourth-order valence-electron chi connectivity index (χ4n) is 1.69. The molecule has 0 aliphatic rings. The Balaban J connectivity index is 1.88. The summed E-state index contributed by atoms with van der Waals surface area (Å²) in [5, 5.41) is 12.2. The van der Waals surface area contributed by atoms with Crippen LogP contribution in [-0.4, -0.2) is 44.0 Å². The maximum atomic E-state index is 11.9. The van der Waals surface area contributed by atoms with Gasteiger partial charge in [-0.1, -0.05) is 0 Å². The number of carboxylic acid groups (broad SMARTS) is 1. The number of aryl methyl sites for hydroxylation is 1. The Bertz CT molecular complexity index is 637. The normalized spacial score (nSPS) is 10.4. The number of H-pyrrole nitrogens is 1. The van der Waals surface area contributed by atoms with E-state index in [0.29, 0.717) is 23.1 Å². The topological polar surface area (TPSA) is 111 Å². The van der Waals surface area contributed by atoms with Gasteiger partial charge >= 0.3 is 12.0 Å². The zero-order chi connectivity index (χ0) is 15.4. The first-order valence-electron chi connectivity index (χ1n) is 6.14. The number of carbonyl (C=O) groups excluding carboxylic acids is 1. The average molecular weight is 309 g/mol. The number of thiazole rings is 1. The summed E-state index contributed by atoms with van der Waals surface area (Å²) >= 11 is 1.06. The van der Waals surface area contributed by atoms with Gasteiger partial charge in [0.25, 0.3) is 0 Å². The third-order valence-corrected chi connectivity index (χ3v) is 3.86. The van der Waals surface area contributed by atoms with Crippen molar-refractivity contribution in [2.24, 2.45) is 0 Å². The molecule has 0 fully saturated rings. The number of nitrogens with zero attached hydrogens (tertiary/aromatic N) is 3. The fourth-order valence-corrected chi connectivity index (χ4v) is 2.54. The number of amides is 2. The average Bonchev–Trinajstić information content (AvgIpc) is 3.05. The van der Waals surface area contributed by atoms with Crippen LogP contribution >= 0.6 is 11.3 Å². The molecule has 2 amide bonds. The third-order valence-electron chi connectivity index (χ3n) is 2.71. The summed E-state index contributed by atoms with van der Waals surface area (Å²) in [6, 6.07) is -0.281. The second-order valence-corrected chi connectivity index (χ2v) is 5.46. The number of hydrogen-bond donors (Lipinski definition) is 3. The molecule has 0 bridgehead atoms. The van der Waals surface area contributed by atoms with Crippen molar-refractivity contribution in [3.63, 3.8) is 0 Å². The highest BCUT2D eigenvalue weighted by molar-refractivity contribution is 7.13. The molecule has 0 spiro atoms. The van der Waals surface area contributed by atoms with Gasteiger partial charge in [-0.25, -0.2) is 19.6 Å². The molecule has 112 valence electrons. The van der Waals surface area contributed by atoms with Gasteiger partial charge in [-0.2, -0.15) is 0 Å². The van der Waals surface area contributed by atoms with Crippen molar-refractivity contribution < 1.29 is 14.7 Å². The van der Waals surface area contributed by atoms with Gasteiger partial charge in [-0.3, -0.25) is 0 Å². The summed E-state index contributed by atoms with van der Waals surface area (Å²) in [6.07, 6.45) is 3.31. The van der Waals surface area contributed by atoms with Gasteiger partial charge in [0.2, 0.25) is 0 Å². The van der Waals surface area contributed by atoms with Crippen molar-refractivity contribution in [3.8, 4) is 0 Å². The van der Waals surface area contributed by atoms with E-state index < -0.39 is 5.97 Å². The predicted molar refractivity (Wildman–Crippen MR) is 76.1 cm³/mol. The van der Waals surface area contributed by atoms with Crippen molar-refractivity contribution >= 4 is 23.3 Å². The van der Waals surface area contributed by atoms with Crippen LogP contribution in [0.25, 0.3) is 0 Å². The van der Waals surface area contributed by atoms with E-state index in [2.05, 4.69) is 20.3 Å². The van der Waals surface area contributed by atoms with Crippen LogP contribution in [0.15, 0.2) is 12.4 Å². The number of rotatable bonds is 5. The van der Waals surface area contributed by atoms with Gasteiger partial charge < -0.3 is 20.3 Å². The number of aromatic carboxylic acids is 1. The molecule has 3 N–H and O–H groups in total. The highest BCUT2D eigenvalue weighted by atomic mass is 32.1. The van der Waals surface area contributed by atoms with Gasteiger partial charge in [-0.15, -0.1) is 11.3 Å². The van der Waals surface area contributed by atoms with Crippen molar-refractivity contribution in [1.82, 2.24) is 25.2 Å². The number of aromatic nitrogens is 3. The Labute approximate surface area is 124 Å². The van der Waals surface area contributed by atoms with Crippen LogP contribution in [0, 0.1) is 6.92 Å². The summed E-state index contributed by atoms with van der Waals surface area (Å²) in [4.78, 5) is 35.6. The van der Waals surface area contributed by atoms with Crippen molar-refractivity contribution in [3.05, 3.63) is 33.8 Å². The number of carbonyl (C=O) groups is 2. The van der Waals surface area contributed by atoms with E-state index in [1.807, 2.05) is 0 Å². The molecule has 8 nitrogen and oxygen atoms in total. The molecule has 2 heterocycles. The number of carboxylic acids is 1. The highest BCUT2D eigenvalue weighted by Crippen LogP contribution is 2.17. The monoisotopic (exact) mass is 309 g/mol. The lowest BCUT2D eigenvalue weighted by Gasteiger charge is -2.16. The van der Waals surface area contributed by atoms with Crippen LogP contribution in [0.5, 0.6) is 0 Å². The van der Waals surface area contributed by atoms with Gasteiger partial charge in [0.1, 0.15) is 15.7 Å². The van der Waals surface area contributed by atoms with Crippen LogP contribution < -0.4 is 5.32 Å². The van der Waals surface area contributed by atoms with Crippen LogP contribution in [0.1, 0.15) is 26.2 Å². The molecule has 0 unspecified atom stereocenters. The first-order valence-corrected chi connectivity index (χ1v) is 6.96. The van der Waals surface area contributed by atoms with E-state index in [4.69, 9.17) is 5.11 Å². The molecular weight excluding hydrogens is 294 g/mol. The standard InChI is InChI=1S/C12H15N5O3S/c1-7-10(11(18)19)21-9(16-7)5-15-12(20)17(2)6-8-13-3-4-14-8/h3-4H,5-6H2,1-2H3,(H,13,14)(H,15,20)(H,18,19). The Kier molecular flexibility index (Phi) is 4.53. The maximum absolute atomic E-state index is 11.9. The van der Waals surface area contributed by atoms with Gasteiger partial charge in [0, 0.05) is 19.4 Å². The Morgan fingerprint density at radius 3 is 2.86 bits per heavy atom. The van der Waals surface area contributed by atoms with Gasteiger partial charge in [0.05, 0.1) is 18.8 Å². The molecule has 0 radical (unpaired) electrons. The number of imidazole rings is 1. The Hall–Kier alpha value is -2.42. The zero-order valence-electron chi connectivity index (χ0n) is 11.6. The van der Waals surface area contributed by atoms with Crippen LogP contribution in [0.2, 0.25) is 0 Å². The van der Waals surface area contributed by atoms with Crippen molar-refractivity contribution in [2.45, 2.75) is 20.0 Å². The maximum Gasteiger partial charge on any atom is 0.347 e. The first-order chi connectivity index (χ1) is 9.97. The minimum absolute atomic E-state index is 0.195. The molecule has 9 heteroatoms. The molecule has 0 aliphatic heterocycles. The second-order valence-electron chi connectivity index (χ2n) is 4.38. The number of nitrogens with one attached hydrogen (secondary N) is 2. The molecule has 0 saturated carbocycles. The summed E-state index contributed by atoms with van der Waals surface area (Å²) in [5.74, 6) is -0.316. The van der Waals surface area contributed by atoms with Gasteiger partial charge in [-0.05, 0) is 6.92 Å². The lowest BCUT2D eigenvalue weighted by Crippen LogP contribution is -2.36. The number of hydrogen-bond acceptors (Lipinski definition) is 5.